The Kier molecular flexibility index (Phi) is 14.8. The molecule has 18 nitrogen and oxygen atoms in total. The zero-order valence-corrected chi connectivity index (χ0v) is 40.6. The SMILES string of the molecule is CC[N+]1=C(/C=C/C=C/C=C2/N(CCCCCC(=O)O)c3ccc4c(S(=O)(=O)O)cc(S(=O)(=O)O)cc4c3C2(C)CCOC)C(C)(CCOC)c2c1ccc1c(S(=O)(=O)O)cc(S(=O)(=O)O)cc21. The molecule has 2 unspecified atom stereocenters. The second-order valence-corrected chi connectivity index (χ2v) is 22.4. The zero-order valence-electron chi connectivity index (χ0n) is 37.3. The van der Waals surface area contributed by atoms with Crippen LogP contribution in [0.2, 0.25) is 0 Å². The van der Waals surface area contributed by atoms with E-state index in [1.54, 1.807) is 30.4 Å². The van der Waals surface area contributed by atoms with Crippen molar-refractivity contribution in [3.63, 3.8) is 0 Å². The number of anilines is 1. The van der Waals surface area contributed by atoms with Crippen LogP contribution in [-0.4, -0.2) is 114 Å². The van der Waals surface area contributed by atoms with Gasteiger partial charge in [0.2, 0.25) is 5.69 Å². The first-order chi connectivity index (χ1) is 31.2. The summed E-state index contributed by atoms with van der Waals surface area (Å²) in [5.74, 6) is -0.931. The molecule has 0 aromatic heterocycles. The average molecular weight is 1010 g/mol. The van der Waals surface area contributed by atoms with Gasteiger partial charge in [-0.25, -0.2) is 0 Å². The van der Waals surface area contributed by atoms with Gasteiger partial charge in [0.05, 0.1) is 15.2 Å². The fourth-order valence-corrected chi connectivity index (χ4v) is 12.2. The van der Waals surface area contributed by atoms with Gasteiger partial charge in [0.25, 0.3) is 40.5 Å². The molecule has 0 fully saturated rings. The second kappa shape index (κ2) is 19.3. The summed E-state index contributed by atoms with van der Waals surface area (Å²) in [6, 6.07) is 10.0. The Labute approximate surface area is 389 Å². The van der Waals surface area contributed by atoms with E-state index in [0.717, 1.165) is 5.71 Å². The van der Waals surface area contributed by atoms with Crippen LogP contribution in [0, 0.1) is 0 Å². The molecule has 67 heavy (non-hydrogen) atoms. The van der Waals surface area contributed by atoms with Gasteiger partial charge < -0.3 is 19.5 Å². The molecule has 2 aliphatic rings. The van der Waals surface area contributed by atoms with Crippen molar-refractivity contribution < 1.29 is 75.8 Å². The van der Waals surface area contributed by atoms with Crippen LogP contribution in [0.3, 0.4) is 0 Å². The molecule has 5 N–H and O–H groups in total. The number of benzene rings is 4. The van der Waals surface area contributed by atoms with Crippen molar-refractivity contribution in [2.75, 3.05) is 45.4 Å². The zero-order chi connectivity index (χ0) is 49.5. The quantitative estimate of drug-likeness (QED) is 0.0262. The molecule has 0 amide bonds. The smallest absolute Gasteiger partial charge is 0.303 e. The lowest BCUT2D eigenvalue weighted by Gasteiger charge is -2.30. The highest BCUT2D eigenvalue weighted by Crippen LogP contribution is 2.54. The first-order valence-electron chi connectivity index (χ1n) is 21.0. The topological polar surface area (TPSA) is 279 Å². The maximum Gasteiger partial charge on any atom is 0.303 e. The van der Waals surface area contributed by atoms with Crippen molar-refractivity contribution in [3.8, 4) is 0 Å². The largest absolute Gasteiger partial charge is 0.481 e. The Bertz CT molecular complexity index is 3250. The van der Waals surface area contributed by atoms with E-state index in [9.17, 15) is 61.8 Å². The van der Waals surface area contributed by atoms with Crippen molar-refractivity contribution in [2.24, 2.45) is 0 Å². The Morgan fingerprint density at radius 3 is 1.72 bits per heavy atom. The number of aliphatic carboxylic acids is 1. The molecule has 6 rings (SSSR count). The predicted octanol–water partition coefficient (Wildman–Crippen LogP) is 6.85. The monoisotopic (exact) mass is 1010 g/mol. The number of fused-ring (bicyclic) bond motifs is 6. The van der Waals surface area contributed by atoms with E-state index in [4.69, 9.17) is 9.47 Å². The number of ether oxygens (including phenoxy) is 2. The molecular formula is C45H53N2O16S4+. The number of hydrogen-bond donors (Lipinski definition) is 5. The maximum absolute atomic E-state index is 12.7. The number of unbranched alkanes of at least 4 members (excludes halogenated alkanes) is 2. The van der Waals surface area contributed by atoms with Gasteiger partial charge in [-0.05, 0) is 105 Å². The van der Waals surface area contributed by atoms with Gasteiger partial charge in [0.15, 0.2) is 5.71 Å². The van der Waals surface area contributed by atoms with Crippen LogP contribution in [0.5, 0.6) is 0 Å². The van der Waals surface area contributed by atoms with Crippen LogP contribution in [0.15, 0.2) is 104 Å². The van der Waals surface area contributed by atoms with Gasteiger partial charge in [0.1, 0.15) is 16.3 Å². The van der Waals surface area contributed by atoms with E-state index in [0.29, 0.717) is 85.5 Å². The lowest BCUT2D eigenvalue weighted by molar-refractivity contribution is -0.433. The number of allylic oxidation sites excluding steroid dienone is 6. The van der Waals surface area contributed by atoms with Crippen LogP contribution in [-0.2, 0) is 65.6 Å². The summed E-state index contributed by atoms with van der Waals surface area (Å²) in [6.07, 6.45) is 11.1. The van der Waals surface area contributed by atoms with Crippen LogP contribution < -0.4 is 4.90 Å². The van der Waals surface area contributed by atoms with Gasteiger partial charge >= 0.3 is 5.97 Å². The Morgan fingerprint density at radius 1 is 0.672 bits per heavy atom. The summed E-state index contributed by atoms with van der Waals surface area (Å²) >= 11 is 0. The number of carboxylic acids is 1. The van der Waals surface area contributed by atoms with Crippen LogP contribution >= 0.6 is 0 Å². The summed E-state index contributed by atoms with van der Waals surface area (Å²) in [5, 5.41) is 9.63. The van der Waals surface area contributed by atoms with E-state index < -0.39 is 76.9 Å². The molecule has 4 aromatic rings. The molecule has 2 atom stereocenters. The van der Waals surface area contributed by atoms with E-state index in [1.165, 1.54) is 38.5 Å². The maximum atomic E-state index is 12.7. The third-order valence-electron chi connectivity index (χ3n) is 12.6. The molecule has 4 aromatic carbocycles. The lowest BCUT2D eigenvalue weighted by atomic mass is 9.75. The number of carbonyl (C=O) groups is 1. The normalized spacial score (nSPS) is 19.8. The molecular weight excluding hydrogens is 953 g/mol. The first kappa shape index (κ1) is 51.5. The van der Waals surface area contributed by atoms with E-state index in [2.05, 4.69) is 0 Å². The minimum Gasteiger partial charge on any atom is -0.481 e. The molecule has 0 aliphatic carbocycles. The third kappa shape index (κ3) is 10.1. The Hall–Kier alpha value is -4.88. The standard InChI is InChI=1S/C45H52N2O16S4/c1-6-46-35-18-16-31-33(25-29(64(50,51)52)27-37(31)66(56,57)58)42(35)44(2,20-23-62-4)39(46)13-9-7-10-14-40-45(3,21-24-63-5)43-34-26-30(65(53,54)55)28-38(67(59,60)61)32(34)17-19-36(43)47(40)22-12-8-11-15-41(48)49/h7,9-10,13-14,16-19,25-28H,6,8,11-12,15,20-24H2,1-5H3,(H4-,48,49,50,51,52,53,54,55,56,57,58,59,60,61)/p+1. The predicted molar refractivity (Wildman–Crippen MR) is 250 cm³/mol. The molecule has 22 heteroatoms. The first-order valence-corrected chi connectivity index (χ1v) is 26.8. The van der Waals surface area contributed by atoms with Crippen molar-refractivity contribution in [1.82, 2.24) is 0 Å². The van der Waals surface area contributed by atoms with Crippen LogP contribution in [0.1, 0.15) is 70.4 Å². The molecule has 2 aliphatic heterocycles. The number of nitrogens with zero attached hydrogens (tertiary/aromatic N) is 2. The number of carboxylic acid groups (broad SMARTS) is 1. The fourth-order valence-electron chi connectivity index (χ4n) is 9.50. The summed E-state index contributed by atoms with van der Waals surface area (Å²) in [5.41, 5.74) is 1.72. The molecule has 2 heterocycles. The third-order valence-corrected chi connectivity index (χ3v) is 16.0. The molecule has 0 bridgehead atoms. The highest BCUT2D eigenvalue weighted by Gasteiger charge is 2.49. The average Bonchev–Trinajstić information content (AvgIpc) is 3.63. The van der Waals surface area contributed by atoms with Crippen molar-refractivity contribution >= 4 is 85.1 Å². The van der Waals surface area contributed by atoms with E-state index in [1.807, 2.05) is 42.4 Å². The molecule has 0 radical (unpaired) electrons. The van der Waals surface area contributed by atoms with Gasteiger partial charge in [-0.1, -0.05) is 30.7 Å². The van der Waals surface area contributed by atoms with Gasteiger partial charge in [-0.15, -0.1) is 0 Å². The summed E-state index contributed by atoms with van der Waals surface area (Å²) in [7, 11) is -16.9. The minimum absolute atomic E-state index is 0.0150. The van der Waals surface area contributed by atoms with Gasteiger partial charge in [-0.3, -0.25) is 23.0 Å². The summed E-state index contributed by atoms with van der Waals surface area (Å²) in [6.45, 7) is 6.89. The molecule has 362 valence electrons. The van der Waals surface area contributed by atoms with Crippen molar-refractivity contribution in [1.29, 1.82) is 0 Å². The Balaban J connectivity index is 1.52. The molecule has 0 saturated carbocycles. The summed E-state index contributed by atoms with van der Waals surface area (Å²) in [4.78, 5) is 10.4. The number of rotatable bonds is 20. The highest BCUT2D eigenvalue weighted by molar-refractivity contribution is 7.87. The molecule has 0 spiro atoms. The number of hydrogen-bond acceptors (Lipinski definition) is 12. The van der Waals surface area contributed by atoms with Crippen molar-refractivity contribution in [3.05, 3.63) is 95.7 Å². The summed E-state index contributed by atoms with van der Waals surface area (Å²) < 4.78 is 154. The van der Waals surface area contributed by atoms with E-state index in [-0.39, 0.29) is 41.2 Å². The highest BCUT2D eigenvalue weighted by atomic mass is 32.2. The second-order valence-electron chi connectivity index (χ2n) is 16.8. The van der Waals surface area contributed by atoms with Gasteiger partial charge in [-0.2, -0.15) is 38.2 Å². The minimum atomic E-state index is -5.01. The van der Waals surface area contributed by atoms with Gasteiger partial charge in [0, 0.05) is 85.7 Å². The lowest BCUT2D eigenvalue weighted by Crippen LogP contribution is -2.32. The van der Waals surface area contributed by atoms with E-state index >= 15 is 0 Å². The fraction of sp³-hybridized carbons (Fsp3) is 0.378. The van der Waals surface area contributed by atoms with Crippen LogP contribution in [0.25, 0.3) is 21.5 Å². The van der Waals surface area contributed by atoms with Crippen molar-refractivity contribution in [2.45, 2.75) is 89.7 Å². The molecule has 0 saturated heterocycles. The Morgan fingerprint density at radius 2 is 1.21 bits per heavy atom. The van der Waals surface area contributed by atoms with Crippen LogP contribution in [0.4, 0.5) is 11.4 Å². The number of methoxy groups -OCH3 is 2.